The van der Waals surface area contributed by atoms with Gasteiger partial charge < -0.3 is 5.32 Å². The number of anilines is 2. The molecule has 0 amide bonds. The van der Waals surface area contributed by atoms with E-state index in [1.807, 2.05) is 24.3 Å². The van der Waals surface area contributed by atoms with Crippen LogP contribution in [0.15, 0.2) is 82.6 Å². The molecule has 0 radical (unpaired) electrons. The molecule has 0 bridgehead atoms. The molecule has 0 aliphatic carbocycles. The molecule has 32 heavy (non-hydrogen) atoms. The van der Waals surface area contributed by atoms with E-state index in [2.05, 4.69) is 20.4 Å². The number of nitrogens with zero attached hydrogens (tertiary/aromatic N) is 5. The Morgan fingerprint density at radius 1 is 1.00 bits per heavy atom. The summed E-state index contributed by atoms with van der Waals surface area (Å²) in [5, 5.41) is 8.41. The summed E-state index contributed by atoms with van der Waals surface area (Å²) in [4.78, 5) is 25.8. The van der Waals surface area contributed by atoms with E-state index in [0.717, 1.165) is 5.39 Å². The number of aromatic nitrogens is 5. The van der Waals surface area contributed by atoms with Crippen molar-refractivity contribution in [1.29, 1.82) is 4.78 Å². The average Bonchev–Trinajstić information content (AvgIpc) is 3.14. The summed E-state index contributed by atoms with van der Waals surface area (Å²) in [6.07, 6.45) is 2.80. The van der Waals surface area contributed by atoms with Gasteiger partial charge in [0.05, 0.1) is 15.2 Å². The van der Waals surface area contributed by atoms with Crippen molar-refractivity contribution < 1.29 is 4.21 Å². The van der Waals surface area contributed by atoms with Crippen molar-refractivity contribution in [3.63, 3.8) is 0 Å². The lowest BCUT2D eigenvalue weighted by molar-refractivity contribution is 0.679. The highest BCUT2D eigenvalue weighted by molar-refractivity contribution is 7.91. The van der Waals surface area contributed by atoms with Crippen LogP contribution in [0, 0.1) is 4.78 Å². The first-order chi connectivity index (χ1) is 15.4. The monoisotopic (exact) mass is 443 g/mol. The first-order valence-corrected chi connectivity index (χ1v) is 11.6. The summed E-state index contributed by atoms with van der Waals surface area (Å²) in [6.45, 7) is 0. The van der Waals surface area contributed by atoms with Crippen LogP contribution >= 0.6 is 0 Å². The van der Waals surface area contributed by atoms with Gasteiger partial charge in [-0.3, -0.25) is 4.79 Å². The summed E-state index contributed by atoms with van der Waals surface area (Å²) in [6, 6.07) is 19.3. The second-order valence-corrected chi connectivity index (χ2v) is 9.33. The minimum Gasteiger partial charge on any atom is -0.319 e. The Morgan fingerprint density at radius 2 is 1.81 bits per heavy atom. The van der Waals surface area contributed by atoms with E-state index in [0.29, 0.717) is 33.4 Å². The maximum atomic E-state index is 12.3. The zero-order valence-corrected chi connectivity index (χ0v) is 17.7. The van der Waals surface area contributed by atoms with Crippen molar-refractivity contribution in [3.8, 4) is 11.4 Å². The van der Waals surface area contributed by atoms with Crippen molar-refractivity contribution in [3.05, 3.63) is 83.3 Å². The van der Waals surface area contributed by atoms with Gasteiger partial charge in [0.2, 0.25) is 5.95 Å². The van der Waals surface area contributed by atoms with Crippen molar-refractivity contribution in [1.82, 2.24) is 24.6 Å². The standard InChI is InChI=1S/C22H17N7O2S/c1-32(23,31)15-8-6-7-14(13-15)19-27-20-16-9-2-3-10-17(16)25-22(29(20)28-19)26-18-11-4-5-12-24-21(18)30/h2-13,23H,1H3,(H,24,25,26,30)/t32-/m0/s1. The quantitative estimate of drug-likeness (QED) is 0.435. The van der Waals surface area contributed by atoms with Gasteiger partial charge in [-0.05, 0) is 36.4 Å². The van der Waals surface area contributed by atoms with Crippen LogP contribution in [0.5, 0.6) is 0 Å². The lowest BCUT2D eigenvalue weighted by atomic mass is 10.2. The van der Waals surface area contributed by atoms with E-state index in [-0.39, 0.29) is 5.69 Å². The minimum absolute atomic E-state index is 0.248. The summed E-state index contributed by atoms with van der Waals surface area (Å²) in [5.41, 5.74) is 1.67. The molecule has 2 N–H and O–H groups in total. The summed E-state index contributed by atoms with van der Waals surface area (Å²) >= 11 is 0. The van der Waals surface area contributed by atoms with Crippen LogP contribution in [-0.2, 0) is 9.73 Å². The van der Waals surface area contributed by atoms with Gasteiger partial charge in [-0.15, -0.1) is 5.10 Å². The normalized spacial score (nSPS) is 13.2. The molecule has 1 atom stereocenters. The molecule has 0 fully saturated rings. The zero-order valence-electron chi connectivity index (χ0n) is 16.9. The van der Waals surface area contributed by atoms with Gasteiger partial charge in [-0.1, -0.05) is 30.3 Å². The van der Waals surface area contributed by atoms with Crippen LogP contribution in [-0.4, -0.2) is 35.0 Å². The number of benzene rings is 2. The Bertz CT molecular complexity index is 1660. The highest BCUT2D eigenvalue weighted by atomic mass is 32.2. The number of hydrogen-bond donors (Lipinski definition) is 2. The van der Waals surface area contributed by atoms with Gasteiger partial charge in [0.25, 0.3) is 5.56 Å². The van der Waals surface area contributed by atoms with E-state index < -0.39 is 15.3 Å². The van der Waals surface area contributed by atoms with Crippen LogP contribution in [0.25, 0.3) is 27.9 Å². The van der Waals surface area contributed by atoms with Crippen LogP contribution in [0.2, 0.25) is 0 Å². The fourth-order valence-electron chi connectivity index (χ4n) is 3.31. The average molecular weight is 443 g/mol. The van der Waals surface area contributed by atoms with E-state index in [4.69, 9.17) is 9.76 Å². The number of para-hydroxylation sites is 1. The maximum Gasteiger partial charge on any atom is 0.293 e. The predicted molar refractivity (Wildman–Crippen MR) is 123 cm³/mol. The van der Waals surface area contributed by atoms with Crippen LogP contribution in [0.3, 0.4) is 0 Å². The van der Waals surface area contributed by atoms with Gasteiger partial charge >= 0.3 is 0 Å². The Kier molecular flexibility index (Phi) is 4.63. The van der Waals surface area contributed by atoms with Crippen LogP contribution < -0.4 is 10.9 Å². The van der Waals surface area contributed by atoms with E-state index >= 15 is 0 Å². The lowest BCUT2D eigenvalue weighted by Crippen LogP contribution is -2.11. The Balaban J connectivity index is 1.74. The topological polar surface area (TPSA) is 126 Å². The molecule has 3 aromatic heterocycles. The Labute approximate surface area is 182 Å². The molecule has 0 unspecified atom stereocenters. The maximum absolute atomic E-state index is 12.3. The zero-order chi connectivity index (χ0) is 22.3. The molecule has 0 spiro atoms. The summed E-state index contributed by atoms with van der Waals surface area (Å²) in [7, 11) is -2.89. The molecule has 3 heterocycles. The van der Waals surface area contributed by atoms with Gasteiger partial charge in [0.1, 0.15) is 5.69 Å². The van der Waals surface area contributed by atoms with Gasteiger partial charge in [-0.25, -0.2) is 23.9 Å². The summed E-state index contributed by atoms with van der Waals surface area (Å²) < 4.78 is 21.6. The van der Waals surface area contributed by atoms with E-state index in [1.54, 1.807) is 42.5 Å². The third kappa shape index (κ3) is 3.56. The van der Waals surface area contributed by atoms with Gasteiger partial charge in [-0.2, -0.15) is 4.52 Å². The van der Waals surface area contributed by atoms with Crippen molar-refractivity contribution in [2.24, 2.45) is 0 Å². The summed E-state index contributed by atoms with van der Waals surface area (Å²) in [5.74, 6) is 0.689. The number of hydrogen-bond acceptors (Lipinski definition) is 8. The minimum atomic E-state index is -2.89. The molecule has 9 nitrogen and oxygen atoms in total. The predicted octanol–water partition coefficient (Wildman–Crippen LogP) is 3.48. The third-order valence-electron chi connectivity index (χ3n) is 4.85. The molecule has 10 heteroatoms. The second-order valence-electron chi connectivity index (χ2n) is 7.17. The number of nitrogens with one attached hydrogen (secondary N) is 2. The van der Waals surface area contributed by atoms with Crippen molar-refractivity contribution in [2.45, 2.75) is 4.90 Å². The molecule has 0 aliphatic heterocycles. The molecule has 158 valence electrons. The van der Waals surface area contributed by atoms with Crippen molar-refractivity contribution in [2.75, 3.05) is 11.6 Å². The van der Waals surface area contributed by atoms with E-state index in [1.165, 1.54) is 17.0 Å². The smallest absolute Gasteiger partial charge is 0.293 e. The molecular formula is C22H17N7O2S. The number of fused-ring (bicyclic) bond motifs is 3. The third-order valence-corrected chi connectivity index (χ3v) is 6.00. The van der Waals surface area contributed by atoms with Crippen LogP contribution in [0.1, 0.15) is 0 Å². The Hall–Kier alpha value is -4.18. The fourth-order valence-corrected chi connectivity index (χ4v) is 4.00. The number of rotatable bonds is 4. The van der Waals surface area contributed by atoms with Crippen molar-refractivity contribution >= 4 is 37.9 Å². The van der Waals surface area contributed by atoms with E-state index in [9.17, 15) is 9.00 Å². The van der Waals surface area contributed by atoms with Crippen LogP contribution in [0.4, 0.5) is 11.6 Å². The molecular weight excluding hydrogens is 426 g/mol. The highest BCUT2D eigenvalue weighted by Gasteiger charge is 2.16. The fraction of sp³-hybridized carbons (Fsp3) is 0.0455. The first kappa shape index (κ1) is 19.8. The Morgan fingerprint density at radius 3 is 2.66 bits per heavy atom. The SMILES string of the molecule is C[S@](=N)(=O)c1cccc(-c2nc3c4ccccc4nc(Nc4ccccnc4=O)n3n2)c1. The molecule has 0 saturated carbocycles. The molecule has 0 aliphatic rings. The van der Waals surface area contributed by atoms with Gasteiger partial charge in [0.15, 0.2) is 11.5 Å². The molecule has 5 aromatic rings. The largest absolute Gasteiger partial charge is 0.319 e. The van der Waals surface area contributed by atoms with Gasteiger partial charge in [0, 0.05) is 28.3 Å². The first-order valence-electron chi connectivity index (χ1n) is 9.62. The molecule has 0 saturated heterocycles. The molecule has 5 rings (SSSR count). The highest BCUT2D eigenvalue weighted by Crippen LogP contribution is 2.26. The second kappa shape index (κ2) is 7.50. The molecule has 2 aromatic carbocycles. The lowest BCUT2D eigenvalue weighted by Gasteiger charge is -2.07.